The summed E-state index contributed by atoms with van der Waals surface area (Å²) in [5.41, 5.74) is 1.54. The third-order valence-corrected chi connectivity index (χ3v) is 5.75. The van der Waals surface area contributed by atoms with Crippen molar-refractivity contribution < 1.29 is 23.0 Å². The fourth-order valence-corrected chi connectivity index (χ4v) is 3.80. The minimum atomic E-state index is -0.907. The van der Waals surface area contributed by atoms with Gasteiger partial charge in [-0.15, -0.1) is 0 Å². The molecule has 1 aliphatic heterocycles. The number of fused-ring (bicyclic) bond motifs is 1. The second-order valence-corrected chi connectivity index (χ2v) is 8.14. The first-order valence-corrected chi connectivity index (χ1v) is 11.1. The van der Waals surface area contributed by atoms with Gasteiger partial charge in [-0.3, -0.25) is 0 Å². The van der Waals surface area contributed by atoms with Crippen molar-refractivity contribution in [3.8, 4) is 11.5 Å². The van der Waals surface area contributed by atoms with E-state index in [9.17, 15) is 8.78 Å². The maximum atomic E-state index is 14.5. The van der Waals surface area contributed by atoms with Gasteiger partial charge in [-0.2, -0.15) is 0 Å². The van der Waals surface area contributed by atoms with Crippen molar-refractivity contribution in [2.75, 3.05) is 18.5 Å². The standard InChI is InChI=1S/C25H20ClF2N3O3/c26-23-18(27)6-7-19(24(23)28)31-25-17-10-21(33-12-15-4-2-1-3-5-15)22(11-20(17)29-14-30-25)34-16-8-9-32-13-16/h1-7,10-11,14,16H,8-9,12-13H2,(H,29,30,31)/t16-/m0/s1. The lowest BCUT2D eigenvalue weighted by Gasteiger charge is -2.18. The Hall–Kier alpha value is -3.49. The smallest absolute Gasteiger partial charge is 0.168 e. The Morgan fingerprint density at radius 1 is 1.06 bits per heavy atom. The summed E-state index contributed by atoms with van der Waals surface area (Å²) in [7, 11) is 0. The van der Waals surface area contributed by atoms with Gasteiger partial charge in [0.1, 0.15) is 35.7 Å². The number of nitrogens with zero attached hydrogens (tertiary/aromatic N) is 2. The molecule has 2 heterocycles. The highest BCUT2D eigenvalue weighted by Gasteiger charge is 2.21. The SMILES string of the molecule is Fc1ccc(Nc2ncnc3cc(O[C@H]4CCOC4)c(OCc4ccccc4)cc23)c(F)c1Cl. The van der Waals surface area contributed by atoms with Crippen LogP contribution in [0.3, 0.4) is 0 Å². The Kier molecular flexibility index (Phi) is 6.42. The van der Waals surface area contributed by atoms with E-state index in [-0.39, 0.29) is 11.8 Å². The Morgan fingerprint density at radius 3 is 2.71 bits per heavy atom. The van der Waals surface area contributed by atoms with Gasteiger partial charge in [0.05, 0.1) is 24.4 Å². The van der Waals surface area contributed by atoms with E-state index in [2.05, 4.69) is 15.3 Å². The van der Waals surface area contributed by atoms with E-state index in [0.29, 0.717) is 48.0 Å². The van der Waals surface area contributed by atoms with Gasteiger partial charge < -0.3 is 19.5 Å². The number of halogens is 3. The minimum Gasteiger partial charge on any atom is -0.485 e. The molecule has 1 saturated heterocycles. The lowest BCUT2D eigenvalue weighted by atomic mass is 10.2. The van der Waals surface area contributed by atoms with Gasteiger partial charge in [-0.1, -0.05) is 41.9 Å². The highest BCUT2D eigenvalue weighted by atomic mass is 35.5. The Balaban J connectivity index is 1.52. The summed E-state index contributed by atoms with van der Waals surface area (Å²) in [6.07, 6.45) is 2.03. The molecule has 34 heavy (non-hydrogen) atoms. The monoisotopic (exact) mass is 483 g/mol. The lowest BCUT2D eigenvalue weighted by molar-refractivity contribution is 0.137. The van der Waals surface area contributed by atoms with E-state index < -0.39 is 16.7 Å². The summed E-state index contributed by atoms with van der Waals surface area (Å²) >= 11 is 5.72. The summed E-state index contributed by atoms with van der Waals surface area (Å²) in [4.78, 5) is 8.58. The van der Waals surface area contributed by atoms with Crippen LogP contribution < -0.4 is 14.8 Å². The molecule has 0 bridgehead atoms. The van der Waals surface area contributed by atoms with Crippen molar-refractivity contribution in [1.82, 2.24) is 9.97 Å². The first kappa shape index (κ1) is 22.3. The van der Waals surface area contributed by atoms with Crippen LogP contribution in [0.2, 0.25) is 5.02 Å². The number of anilines is 2. The molecule has 0 radical (unpaired) electrons. The number of ether oxygens (including phenoxy) is 3. The van der Waals surface area contributed by atoms with E-state index in [4.69, 9.17) is 25.8 Å². The molecule has 1 fully saturated rings. The van der Waals surface area contributed by atoms with Crippen LogP contribution in [0, 0.1) is 11.6 Å². The fraction of sp³-hybridized carbons (Fsp3) is 0.200. The van der Waals surface area contributed by atoms with Gasteiger partial charge in [0.2, 0.25) is 0 Å². The molecule has 0 saturated carbocycles. The van der Waals surface area contributed by atoms with Crippen LogP contribution in [0.4, 0.5) is 20.3 Å². The topological polar surface area (TPSA) is 65.5 Å². The molecule has 1 aliphatic rings. The minimum absolute atomic E-state index is 0.0124. The van der Waals surface area contributed by atoms with Crippen molar-refractivity contribution in [1.29, 1.82) is 0 Å². The number of nitrogens with one attached hydrogen (secondary N) is 1. The van der Waals surface area contributed by atoms with Crippen LogP contribution >= 0.6 is 11.6 Å². The van der Waals surface area contributed by atoms with E-state index in [1.807, 2.05) is 30.3 Å². The van der Waals surface area contributed by atoms with Crippen LogP contribution in [0.25, 0.3) is 10.9 Å². The van der Waals surface area contributed by atoms with Crippen molar-refractivity contribution in [2.45, 2.75) is 19.1 Å². The predicted octanol–water partition coefficient (Wildman–Crippen LogP) is 6.05. The van der Waals surface area contributed by atoms with E-state index in [1.54, 1.807) is 12.1 Å². The summed E-state index contributed by atoms with van der Waals surface area (Å²) in [5, 5.41) is 2.86. The van der Waals surface area contributed by atoms with Gasteiger partial charge >= 0.3 is 0 Å². The second-order valence-electron chi connectivity index (χ2n) is 7.76. The van der Waals surface area contributed by atoms with Crippen LogP contribution in [0.1, 0.15) is 12.0 Å². The van der Waals surface area contributed by atoms with Crippen LogP contribution in [-0.2, 0) is 11.3 Å². The van der Waals surface area contributed by atoms with Gasteiger partial charge in [-0.05, 0) is 23.8 Å². The van der Waals surface area contributed by atoms with E-state index in [0.717, 1.165) is 18.1 Å². The molecule has 174 valence electrons. The summed E-state index contributed by atoms with van der Waals surface area (Å²) < 4.78 is 45.8. The molecule has 4 aromatic rings. The normalized spacial score (nSPS) is 15.4. The molecular formula is C25H20ClF2N3O3. The number of rotatable bonds is 7. The molecular weight excluding hydrogens is 464 g/mol. The zero-order valence-corrected chi connectivity index (χ0v) is 18.7. The third kappa shape index (κ3) is 4.73. The van der Waals surface area contributed by atoms with Crippen molar-refractivity contribution in [3.05, 3.63) is 83.1 Å². The molecule has 1 atom stereocenters. The van der Waals surface area contributed by atoms with Crippen molar-refractivity contribution >= 4 is 34.0 Å². The third-order valence-electron chi connectivity index (χ3n) is 5.41. The van der Waals surface area contributed by atoms with Crippen LogP contribution in [-0.4, -0.2) is 29.3 Å². The van der Waals surface area contributed by atoms with Gasteiger partial charge in [0, 0.05) is 17.9 Å². The Bertz CT molecular complexity index is 1320. The first-order valence-electron chi connectivity index (χ1n) is 10.7. The maximum Gasteiger partial charge on any atom is 0.168 e. The number of aromatic nitrogens is 2. The summed E-state index contributed by atoms with van der Waals surface area (Å²) in [6, 6.07) is 15.6. The molecule has 0 aliphatic carbocycles. The molecule has 6 nitrogen and oxygen atoms in total. The van der Waals surface area contributed by atoms with Crippen molar-refractivity contribution in [2.24, 2.45) is 0 Å². The molecule has 9 heteroatoms. The molecule has 0 spiro atoms. The molecule has 0 amide bonds. The van der Waals surface area contributed by atoms with Gasteiger partial charge in [-0.25, -0.2) is 18.7 Å². The Labute approximate surface area is 199 Å². The highest BCUT2D eigenvalue weighted by molar-refractivity contribution is 6.31. The molecule has 0 unspecified atom stereocenters. The molecule has 5 rings (SSSR count). The zero-order chi connectivity index (χ0) is 23.5. The number of benzene rings is 3. The average Bonchev–Trinajstić information content (AvgIpc) is 3.37. The van der Waals surface area contributed by atoms with E-state index in [1.165, 1.54) is 12.4 Å². The average molecular weight is 484 g/mol. The van der Waals surface area contributed by atoms with Crippen LogP contribution in [0.5, 0.6) is 11.5 Å². The predicted molar refractivity (Wildman–Crippen MR) is 125 cm³/mol. The summed E-state index contributed by atoms with van der Waals surface area (Å²) in [6.45, 7) is 1.46. The maximum absolute atomic E-state index is 14.5. The molecule has 1 N–H and O–H groups in total. The van der Waals surface area contributed by atoms with Crippen molar-refractivity contribution in [3.63, 3.8) is 0 Å². The second kappa shape index (κ2) is 9.79. The number of hydrogen-bond donors (Lipinski definition) is 1. The lowest BCUT2D eigenvalue weighted by Crippen LogP contribution is -2.16. The molecule has 1 aromatic heterocycles. The zero-order valence-electron chi connectivity index (χ0n) is 17.9. The molecule has 3 aromatic carbocycles. The largest absolute Gasteiger partial charge is 0.485 e. The van der Waals surface area contributed by atoms with E-state index >= 15 is 0 Å². The number of hydrogen-bond acceptors (Lipinski definition) is 6. The van der Waals surface area contributed by atoms with Crippen LogP contribution in [0.15, 0.2) is 60.9 Å². The highest BCUT2D eigenvalue weighted by Crippen LogP contribution is 2.37. The fourth-order valence-electron chi connectivity index (χ4n) is 3.64. The quantitative estimate of drug-likeness (QED) is 0.323. The first-order chi connectivity index (χ1) is 16.6. The van der Waals surface area contributed by atoms with Gasteiger partial charge in [0.15, 0.2) is 17.3 Å². The Morgan fingerprint density at radius 2 is 1.91 bits per heavy atom. The summed E-state index contributed by atoms with van der Waals surface area (Å²) in [5.74, 6) is -0.424. The van der Waals surface area contributed by atoms with Gasteiger partial charge in [0.25, 0.3) is 0 Å².